The summed E-state index contributed by atoms with van der Waals surface area (Å²) in [5, 5.41) is 2.60. The molecule has 0 spiro atoms. The minimum absolute atomic E-state index is 0.0956. The molecule has 1 fully saturated rings. The first kappa shape index (κ1) is 12.3. The number of aromatic nitrogens is 1. The molecule has 2 heterocycles. The Morgan fingerprint density at radius 2 is 2.53 bits per heavy atom. The summed E-state index contributed by atoms with van der Waals surface area (Å²) in [6.07, 6.45) is 1.31. The molecule has 17 heavy (non-hydrogen) atoms. The van der Waals surface area contributed by atoms with Gasteiger partial charge in [-0.05, 0) is 28.1 Å². The summed E-state index contributed by atoms with van der Waals surface area (Å²) in [4.78, 5) is 17.9. The molecule has 0 saturated carbocycles. The second-order valence-corrected chi connectivity index (χ2v) is 4.58. The average molecular weight is 300 g/mol. The Morgan fingerprint density at radius 1 is 1.71 bits per heavy atom. The summed E-state index contributed by atoms with van der Waals surface area (Å²) in [6, 6.07) is 3.80. The quantitative estimate of drug-likeness (QED) is 0.877. The zero-order valence-electron chi connectivity index (χ0n) is 9.52. The largest absolute Gasteiger partial charge is 0.365 e. The number of hydrogen-bond acceptors (Lipinski definition) is 4. The van der Waals surface area contributed by atoms with E-state index in [1.807, 2.05) is 17.0 Å². The Morgan fingerprint density at radius 3 is 3.24 bits per heavy atom. The van der Waals surface area contributed by atoms with Crippen LogP contribution in [0.2, 0.25) is 0 Å². The lowest BCUT2D eigenvalue weighted by atomic mass is 10.2. The third kappa shape index (κ3) is 2.76. The molecule has 0 radical (unpaired) electrons. The van der Waals surface area contributed by atoms with Crippen molar-refractivity contribution in [3.63, 3.8) is 0 Å². The molecule has 0 aliphatic carbocycles. The number of pyridine rings is 1. The first-order valence-corrected chi connectivity index (χ1v) is 6.20. The predicted octanol–water partition coefficient (Wildman–Crippen LogP) is 0.795. The summed E-state index contributed by atoms with van der Waals surface area (Å²) in [5.41, 5.74) is 0. The van der Waals surface area contributed by atoms with Crippen LogP contribution in [-0.4, -0.2) is 43.7 Å². The van der Waals surface area contributed by atoms with Crippen LogP contribution in [0.1, 0.15) is 0 Å². The number of likely N-dealkylation sites (N-methyl/N-ethyl adjacent to an activating group) is 1. The van der Waals surface area contributed by atoms with Crippen LogP contribution in [0.5, 0.6) is 0 Å². The average Bonchev–Trinajstić information content (AvgIpc) is 2.38. The van der Waals surface area contributed by atoms with Crippen molar-refractivity contribution in [2.45, 2.75) is 6.10 Å². The van der Waals surface area contributed by atoms with Crippen molar-refractivity contribution in [3.8, 4) is 0 Å². The van der Waals surface area contributed by atoms with Gasteiger partial charge < -0.3 is 15.0 Å². The van der Waals surface area contributed by atoms with E-state index in [9.17, 15) is 4.79 Å². The number of rotatable bonds is 2. The summed E-state index contributed by atoms with van der Waals surface area (Å²) in [7, 11) is 1.61. The number of carbonyl (C=O) groups is 1. The van der Waals surface area contributed by atoms with Gasteiger partial charge in [-0.15, -0.1) is 0 Å². The van der Waals surface area contributed by atoms with Gasteiger partial charge in [-0.3, -0.25) is 4.79 Å². The van der Waals surface area contributed by atoms with Gasteiger partial charge in [0.2, 0.25) is 0 Å². The Kier molecular flexibility index (Phi) is 3.96. The summed E-state index contributed by atoms with van der Waals surface area (Å²) >= 11 is 3.46. The Hall–Kier alpha value is -1.14. The standard InChI is InChI=1S/C11H14BrN3O2/c1-13-11(16)9-7-15(5-6-17-9)10-8(12)3-2-4-14-10/h2-4,9H,5-7H2,1H3,(H,13,16). The highest BCUT2D eigenvalue weighted by molar-refractivity contribution is 9.10. The molecule has 92 valence electrons. The van der Waals surface area contributed by atoms with Crippen molar-refractivity contribution < 1.29 is 9.53 Å². The highest BCUT2D eigenvalue weighted by Gasteiger charge is 2.27. The van der Waals surface area contributed by atoms with Gasteiger partial charge in [0.25, 0.3) is 5.91 Å². The second-order valence-electron chi connectivity index (χ2n) is 3.73. The number of nitrogens with zero attached hydrogens (tertiary/aromatic N) is 2. The number of nitrogens with one attached hydrogen (secondary N) is 1. The van der Waals surface area contributed by atoms with E-state index in [0.29, 0.717) is 13.2 Å². The van der Waals surface area contributed by atoms with Crippen LogP contribution in [0.15, 0.2) is 22.8 Å². The number of ether oxygens (including phenoxy) is 1. The van der Waals surface area contributed by atoms with Gasteiger partial charge in [0.05, 0.1) is 17.6 Å². The topological polar surface area (TPSA) is 54.5 Å². The summed E-state index contributed by atoms with van der Waals surface area (Å²) < 4.78 is 6.35. The fourth-order valence-electron chi connectivity index (χ4n) is 1.77. The predicted molar refractivity (Wildman–Crippen MR) is 68.0 cm³/mol. The molecule has 1 aliphatic heterocycles. The highest BCUT2D eigenvalue weighted by Crippen LogP contribution is 2.24. The van der Waals surface area contributed by atoms with E-state index in [1.165, 1.54) is 0 Å². The third-order valence-corrected chi connectivity index (χ3v) is 3.26. The van der Waals surface area contributed by atoms with Crippen LogP contribution in [0.3, 0.4) is 0 Å². The Bertz CT molecular complexity index is 413. The molecule has 1 amide bonds. The fourth-order valence-corrected chi connectivity index (χ4v) is 2.28. The number of anilines is 1. The van der Waals surface area contributed by atoms with E-state index < -0.39 is 6.10 Å². The zero-order valence-corrected chi connectivity index (χ0v) is 11.1. The van der Waals surface area contributed by atoms with Crippen molar-refractivity contribution in [2.24, 2.45) is 0 Å². The van der Waals surface area contributed by atoms with E-state index >= 15 is 0 Å². The van der Waals surface area contributed by atoms with Gasteiger partial charge >= 0.3 is 0 Å². The Labute approximate surface area is 108 Å². The number of carbonyl (C=O) groups excluding carboxylic acids is 1. The lowest BCUT2D eigenvalue weighted by Gasteiger charge is -2.33. The van der Waals surface area contributed by atoms with Crippen molar-refractivity contribution >= 4 is 27.7 Å². The maximum Gasteiger partial charge on any atom is 0.250 e. The maximum absolute atomic E-state index is 11.5. The van der Waals surface area contributed by atoms with Gasteiger partial charge in [0.15, 0.2) is 6.10 Å². The lowest BCUT2D eigenvalue weighted by Crippen LogP contribution is -2.49. The van der Waals surface area contributed by atoms with Crippen molar-refractivity contribution in [1.82, 2.24) is 10.3 Å². The smallest absolute Gasteiger partial charge is 0.250 e. The van der Waals surface area contributed by atoms with Crippen molar-refractivity contribution in [3.05, 3.63) is 22.8 Å². The van der Waals surface area contributed by atoms with E-state index in [-0.39, 0.29) is 5.91 Å². The van der Waals surface area contributed by atoms with Gasteiger partial charge in [0.1, 0.15) is 5.82 Å². The highest BCUT2D eigenvalue weighted by atomic mass is 79.9. The van der Waals surface area contributed by atoms with Crippen molar-refractivity contribution in [2.75, 3.05) is 31.6 Å². The van der Waals surface area contributed by atoms with Gasteiger partial charge in [-0.2, -0.15) is 0 Å². The molecule has 1 aliphatic rings. The number of halogens is 1. The molecule has 1 aromatic heterocycles. The van der Waals surface area contributed by atoms with Gasteiger partial charge in [-0.25, -0.2) is 4.98 Å². The van der Waals surface area contributed by atoms with Crippen LogP contribution in [0, 0.1) is 0 Å². The SMILES string of the molecule is CNC(=O)C1CN(c2ncccc2Br)CCO1. The van der Waals surface area contributed by atoms with Crippen LogP contribution in [-0.2, 0) is 9.53 Å². The second kappa shape index (κ2) is 5.46. The van der Waals surface area contributed by atoms with Crippen LogP contribution in [0.25, 0.3) is 0 Å². The third-order valence-electron chi connectivity index (χ3n) is 2.64. The van der Waals surface area contributed by atoms with Crippen LogP contribution < -0.4 is 10.2 Å². The molecule has 0 bridgehead atoms. The molecule has 0 aromatic carbocycles. The normalized spacial score (nSPS) is 20.1. The molecular formula is C11H14BrN3O2. The Balaban J connectivity index is 2.12. The summed E-state index contributed by atoms with van der Waals surface area (Å²) in [5.74, 6) is 0.756. The first-order valence-electron chi connectivity index (χ1n) is 5.41. The van der Waals surface area contributed by atoms with Gasteiger partial charge in [-0.1, -0.05) is 0 Å². The summed E-state index contributed by atoms with van der Waals surface area (Å²) in [6.45, 7) is 1.79. The molecule has 2 rings (SSSR count). The van der Waals surface area contributed by atoms with E-state index in [4.69, 9.17) is 4.74 Å². The lowest BCUT2D eigenvalue weighted by molar-refractivity contribution is -0.132. The number of amides is 1. The minimum atomic E-state index is -0.428. The zero-order chi connectivity index (χ0) is 12.3. The molecule has 1 atom stereocenters. The molecule has 1 unspecified atom stereocenters. The molecule has 5 nitrogen and oxygen atoms in total. The fraction of sp³-hybridized carbons (Fsp3) is 0.455. The molecule has 6 heteroatoms. The number of hydrogen-bond donors (Lipinski definition) is 1. The molecule has 1 saturated heterocycles. The maximum atomic E-state index is 11.5. The number of morpholine rings is 1. The molecule has 1 aromatic rings. The monoisotopic (exact) mass is 299 g/mol. The molecular weight excluding hydrogens is 286 g/mol. The van der Waals surface area contributed by atoms with Crippen molar-refractivity contribution in [1.29, 1.82) is 0 Å². The van der Waals surface area contributed by atoms with E-state index in [0.717, 1.165) is 16.8 Å². The van der Waals surface area contributed by atoms with E-state index in [1.54, 1.807) is 13.2 Å². The molecule has 1 N–H and O–H groups in total. The van der Waals surface area contributed by atoms with Crippen LogP contribution in [0.4, 0.5) is 5.82 Å². The van der Waals surface area contributed by atoms with E-state index in [2.05, 4.69) is 26.2 Å². The first-order chi connectivity index (χ1) is 8.22. The van der Waals surface area contributed by atoms with Crippen LogP contribution >= 0.6 is 15.9 Å². The van der Waals surface area contributed by atoms with Gasteiger partial charge in [0, 0.05) is 19.8 Å². The minimum Gasteiger partial charge on any atom is -0.365 e.